The lowest BCUT2D eigenvalue weighted by atomic mass is 10.0. The first-order valence-electron chi connectivity index (χ1n) is 7.43. The Morgan fingerprint density at radius 3 is 2.57 bits per heavy atom. The molecule has 23 heavy (non-hydrogen) atoms. The molecule has 2 nitrogen and oxygen atoms in total. The quantitative estimate of drug-likeness (QED) is 0.804. The molecule has 1 N–H and O–H groups in total. The topological polar surface area (TPSA) is 23.5 Å². The monoisotopic (exact) mass is 345 g/mol. The molecule has 1 aliphatic rings. The van der Waals surface area contributed by atoms with Gasteiger partial charge in [-0.2, -0.15) is 0 Å². The van der Waals surface area contributed by atoms with Gasteiger partial charge in [-0.15, -0.1) is 0 Å². The van der Waals surface area contributed by atoms with Crippen molar-refractivity contribution in [2.45, 2.75) is 13.0 Å². The van der Waals surface area contributed by atoms with Crippen LogP contribution < -0.4 is 0 Å². The number of nitrogens with zero attached hydrogens (tertiary/aromatic N) is 1. The Hall–Kier alpha value is -1.90. The highest BCUT2D eigenvalue weighted by Gasteiger charge is 2.15. The van der Waals surface area contributed by atoms with Gasteiger partial charge >= 0.3 is 0 Å². The molecule has 0 fully saturated rings. The van der Waals surface area contributed by atoms with Crippen molar-refractivity contribution in [2.75, 3.05) is 6.54 Å². The molecule has 0 bridgehead atoms. The standard InChI is InChI=1S/C19H17Cl2NO/c20-17-7-6-15(18(21)11-17)12-22-9-8-19(23)16(13-22)10-14-4-2-1-3-5-14/h1-9,11,23H,10,12-13H2. The molecule has 0 saturated heterocycles. The molecule has 0 spiro atoms. The Kier molecular flexibility index (Phi) is 4.94. The number of halogens is 2. The molecule has 0 radical (unpaired) electrons. The highest BCUT2D eigenvalue weighted by Crippen LogP contribution is 2.25. The maximum Gasteiger partial charge on any atom is 0.118 e. The van der Waals surface area contributed by atoms with Gasteiger partial charge in [0.1, 0.15) is 5.76 Å². The van der Waals surface area contributed by atoms with Crippen molar-refractivity contribution in [3.8, 4) is 0 Å². The molecule has 118 valence electrons. The molecule has 0 saturated carbocycles. The minimum absolute atomic E-state index is 0.354. The van der Waals surface area contributed by atoms with Crippen LogP contribution in [-0.2, 0) is 13.0 Å². The van der Waals surface area contributed by atoms with E-state index in [0.717, 1.165) is 17.6 Å². The Morgan fingerprint density at radius 2 is 1.83 bits per heavy atom. The van der Waals surface area contributed by atoms with Gasteiger partial charge in [-0.1, -0.05) is 59.6 Å². The van der Waals surface area contributed by atoms with Crippen LogP contribution in [0.5, 0.6) is 0 Å². The van der Waals surface area contributed by atoms with Crippen molar-refractivity contribution in [1.82, 2.24) is 4.90 Å². The van der Waals surface area contributed by atoms with Gasteiger partial charge in [0.15, 0.2) is 0 Å². The summed E-state index contributed by atoms with van der Waals surface area (Å²) in [6, 6.07) is 15.7. The normalized spacial score (nSPS) is 14.4. The largest absolute Gasteiger partial charge is 0.508 e. The van der Waals surface area contributed by atoms with Gasteiger partial charge in [-0.25, -0.2) is 0 Å². The first-order chi connectivity index (χ1) is 11.1. The second-order valence-corrected chi connectivity index (χ2v) is 6.45. The van der Waals surface area contributed by atoms with Gasteiger partial charge in [-0.3, -0.25) is 0 Å². The molecular weight excluding hydrogens is 329 g/mol. The second kappa shape index (κ2) is 7.12. The molecule has 0 aromatic heterocycles. The van der Waals surface area contributed by atoms with E-state index in [9.17, 15) is 5.11 Å². The second-order valence-electron chi connectivity index (χ2n) is 5.61. The maximum atomic E-state index is 10.1. The Morgan fingerprint density at radius 1 is 1.04 bits per heavy atom. The summed E-state index contributed by atoms with van der Waals surface area (Å²) in [7, 11) is 0. The number of hydrogen-bond acceptors (Lipinski definition) is 2. The van der Waals surface area contributed by atoms with Gasteiger partial charge in [0.25, 0.3) is 0 Å². The lowest BCUT2D eigenvalue weighted by molar-refractivity contribution is 0.352. The third-order valence-electron chi connectivity index (χ3n) is 3.85. The first-order valence-corrected chi connectivity index (χ1v) is 8.18. The van der Waals surface area contributed by atoms with Crippen LogP contribution in [0.25, 0.3) is 0 Å². The SMILES string of the molecule is OC1=C(Cc2ccccc2)CN(Cc2ccc(Cl)cc2Cl)C=C1. The number of aliphatic hydroxyl groups is 1. The van der Waals surface area contributed by atoms with Crippen LogP contribution in [0.2, 0.25) is 10.0 Å². The summed E-state index contributed by atoms with van der Waals surface area (Å²) in [4.78, 5) is 2.13. The van der Waals surface area contributed by atoms with E-state index in [1.807, 2.05) is 36.5 Å². The van der Waals surface area contributed by atoms with E-state index < -0.39 is 0 Å². The molecule has 0 unspecified atom stereocenters. The van der Waals surface area contributed by atoms with E-state index in [2.05, 4.69) is 17.0 Å². The molecule has 2 aromatic rings. The maximum absolute atomic E-state index is 10.1. The highest BCUT2D eigenvalue weighted by molar-refractivity contribution is 6.35. The Balaban J connectivity index is 1.71. The van der Waals surface area contributed by atoms with Crippen LogP contribution in [0.4, 0.5) is 0 Å². The van der Waals surface area contributed by atoms with E-state index >= 15 is 0 Å². The van der Waals surface area contributed by atoms with Gasteiger partial charge in [0.05, 0.1) is 0 Å². The number of allylic oxidation sites excluding steroid dienone is 1. The zero-order valence-corrected chi connectivity index (χ0v) is 14.1. The summed E-state index contributed by atoms with van der Waals surface area (Å²) in [5.74, 6) is 0.354. The zero-order valence-electron chi connectivity index (χ0n) is 12.5. The molecule has 4 heteroatoms. The molecule has 0 atom stereocenters. The van der Waals surface area contributed by atoms with Gasteiger partial charge in [-0.05, 0) is 41.3 Å². The van der Waals surface area contributed by atoms with Crippen LogP contribution in [0.15, 0.2) is 72.1 Å². The third-order valence-corrected chi connectivity index (χ3v) is 4.44. The lowest BCUT2D eigenvalue weighted by Crippen LogP contribution is -2.24. The van der Waals surface area contributed by atoms with Crippen molar-refractivity contribution in [1.29, 1.82) is 0 Å². The van der Waals surface area contributed by atoms with Gasteiger partial charge in [0, 0.05) is 29.3 Å². The molecule has 2 aromatic carbocycles. The molecule has 1 aliphatic heterocycles. The molecule has 3 rings (SSSR count). The average molecular weight is 346 g/mol. The van der Waals surface area contributed by atoms with Crippen LogP contribution in [0.1, 0.15) is 11.1 Å². The number of benzene rings is 2. The fourth-order valence-corrected chi connectivity index (χ4v) is 3.11. The Labute approximate surface area is 146 Å². The summed E-state index contributed by atoms with van der Waals surface area (Å²) in [6.45, 7) is 1.36. The number of aliphatic hydroxyl groups excluding tert-OH is 1. The number of rotatable bonds is 4. The molecule has 0 aliphatic carbocycles. The van der Waals surface area contributed by atoms with Crippen LogP contribution in [0.3, 0.4) is 0 Å². The van der Waals surface area contributed by atoms with Crippen LogP contribution in [-0.4, -0.2) is 16.6 Å². The van der Waals surface area contributed by atoms with E-state index in [1.54, 1.807) is 12.1 Å². The minimum Gasteiger partial charge on any atom is -0.508 e. The predicted octanol–water partition coefficient (Wildman–Crippen LogP) is 5.38. The van der Waals surface area contributed by atoms with Crippen molar-refractivity contribution in [3.63, 3.8) is 0 Å². The Bertz CT molecular complexity index is 753. The third kappa shape index (κ3) is 4.10. The van der Waals surface area contributed by atoms with Crippen molar-refractivity contribution in [3.05, 3.63) is 93.3 Å². The van der Waals surface area contributed by atoms with E-state index in [-0.39, 0.29) is 0 Å². The van der Waals surface area contributed by atoms with Crippen molar-refractivity contribution < 1.29 is 5.11 Å². The average Bonchev–Trinajstić information content (AvgIpc) is 2.54. The first kappa shape index (κ1) is 16.0. The van der Waals surface area contributed by atoms with E-state index in [4.69, 9.17) is 23.2 Å². The summed E-state index contributed by atoms with van der Waals surface area (Å²) >= 11 is 12.2. The van der Waals surface area contributed by atoms with Crippen molar-refractivity contribution >= 4 is 23.2 Å². The minimum atomic E-state index is 0.354. The summed E-state index contributed by atoms with van der Waals surface area (Å²) in [5, 5.41) is 11.4. The van der Waals surface area contributed by atoms with Crippen molar-refractivity contribution in [2.24, 2.45) is 0 Å². The highest BCUT2D eigenvalue weighted by atomic mass is 35.5. The molecule has 1 heterocycles. The summed E-state index contributed by atoms with van der Waals surface area (Å²) in [5.41, 5.74) is 3.21. The molecule has 0 amide bonds. The smallest absolute Gasteiger partial charge is 0.118 e. The summed E-state index contributed by atoms with van der Waals surface area (Å²) < 4.78 is 0. The predicted molar refractivity (Wildman–Crippen MR) is 95.8 cm³/mol. The zero-order chi connectivity index (χ0) is 16.2. The van der Waals surface area contributed by atoms with Gasteiger partial charge in [0.2, 0.25) is 0 Å². The fourth-order valence-electron chi connectivity index (χ4n) is 2.64. The van der Waals surface area contributed by atoms with E-state index in [0.29, 0.717) is 28.9 Å². The van der Waals surface area contributed by atoms with Gasteiger partial charge < -0.3 is 10.0 Å². The summed E-state index contributed by atoms with van der Waals surface area (Å²) in [6.07, 6.45) is 4.38. The molecular formula is C19H17Cl2NO. The fraction of sp³-hybridized carbons (Fsp3) is 0.158. The van der Waals surface area contributed by atoms with Crippen LogP contribution >= 0.6 is 23.2 Å². The van der Waals surface area contributed by atoms with Crippen LogP contribution in [0, 0.1) is 0 Å². The van der Waals surface area contributed by atoms with E-state index in [1.165, 1.54) is 5.56 Å². The number of hydrogen-bond donors (Lipinski definition) is 1. The lowest BCUT2D eigenvalue weighted by Gasteiger charge is -2.26.